The highest BCUT2D eigenvalue weighted by atomic mass is 31.2. The summed E-state index contributed by atoms with van der Waals surface area (Å²) in [5, 5.41) is 3.02. The first-order chi connectivity index (χ1) is 36.9. The first-order valence-electron chi connectivity index (χ1n) is 31.7. The van der Waals surface area contributed by atoms with Crippen LogP contribution < -0.4 is 10.2 Å². The van der Waals surface area contributed by atoms with Crippen molar-refractivity contribution in [3.63, 3.8) is 0 Å². The molecule has 3 atom stereocenters. The van der Waals surface area contributed by atoms with E-state index in [1.807, 2.05) is 33.3 Å². The van der Waals surface area contributed by atoms with E-state index in [-0.39, 0.29) is 24.9 Å². The van der Waals surface area contributed by atoms with Gasteiger partial charge in [-0.05, 0) is 102 Å². The highest BCUT2D eigenvalue weighted by Crippen LogP contribution is 2.38. The van der Waals surface area contributed by atoms with Crippen LogP contribution in [0.3, 0.4) is 0 Å². The van der Waals surface area contributed by atoms with Crippen molar-refractivity contribution in [2.75, 3.05) is 40.9 Å². The summed E-state index contributed by atoms with van der Waals surface area (Å²) in [5.74, 6) is -0.569. The molecule has 9 nitrogen and oxygen atoms in total. The van der Waals surface area contributed by atoms with Gasteiger partial charge in [0, 0.05) is 12.8 Å². The van der Waals surface area contributed by atoms with Crippen LogP contribution in [-0.4, -0.2) is 69.4 Å². The monoisotopic (exact) mass is 1080 g/mol. The molecule has 0 aromatic heterocycles. The fourth-order valence-electron chi connectivity index (χ4n) is 8.91. The van der Waals surface area contributed by atoms with Gasteiger partial charge in [-0.3, -0.25) is 14.2 Å². The number of phosphoric ester groups is 1. The normalized spacial score (nSPS) is 14.1. The zero-order valence-electron chi connectivity index (χ0n) is 50.4. The van der Waals surface area contributed by atoms with Crippen LogP contribution in [-0.2, 0) is 27.9 Å². The lowest BCUT2D eigenvalue weighted by atomic mass is 10.0. The Morgan fingerprint density at radius 2 is 0.803 bits per heavy atom. The van der Waals surface area contributed by atoms with Gasteiger partial charge in [-0.1, -0.05) is 242 Å². The SMILES string of the molecule is CCCCC/C=C\C/C=C\C/C=C\C/C=C\CCCCCCCCCC(=O)OC(/C=C\CCCCCCCCCCCCC)C(COP(=O)([O-])OCC[N+](C)(C)C)NC(=O)CCCCC/C=C\CCCCCCCCC. The zero-order chi connectivity index (χ0) is 55.7. The van der Waals surface area contributed by atoms with Gasteiger partial charge in [-0.2, -0.15) is 0 Å². The number of rotatable bonds is 57. The topological polar surface area (TPSA) is 114 Å². The van der Waals surface area contributed by atoms with E-state index in [1.54, 1.807) is 0 Å². The van der Waals surface area contributed by atoms with E-state index in [9.17, 15) is 19.0 Å². The number of amides is 1. The van der Waals surface area contributed by atoms with Gasteiger partial charge in [0.25, 0.3) is 7.82 Å². The summed E-state index contributed by atoms with van der Waals surface area (Å²) in [4.78, 5) is 40.0. The van der Waals surface area contributed by atoms with E-state index in [4.69, 9.17) is 13.8 Å². The van der Waals surface area contributed by atoms with Gasteiger partial charge < -0.3 is 28.5 Å². The summed E-state index contributed by atoms with van der Waals surface area (Å²) < 4.78 is 30.3. The van der Waals surface area contributed by atoms with Crippen LogP contribution in [0.5, 0.6) is 0 Å². The molecule has 76 heavy (non-hydrogen) atoms. The Balaban J connectivity index is 5.26. The standard InChI is InChI=1S/C66H121N2O7P/c1-7-10-13-16-19-22-25-28-30-31-32-33-34-35-36-37-38-41-44-47-50-53-56-59-66(70)75-64(57-54-51-48-45-42-39-27-24-21-18-15-12-9-3)63(62-74-76(71,72)73-61-60-68(4,5)6)67-65(69)58-55-52-49-46-43-40-29-26-23-20-17-14-11-8-2/h19,22,28,30,32-33,35-36,40,43,54,57,63-64H,7-18,20-21,23-27,29,31,34,37-39,41-42,44-53,55-56,58-62H2,1-6H3,(H-,67,69,71,72)/b22-19-,30-28-,33-32-,36-35-,43-40-,57-54-. The third-order valence-electron chi connectivity index (χ3n) is 13.9. The lowest BCUT2D eigenvalue weighted by Gasteiger charge is -2.30. The lowest BCUT2D eigenvalue weighted by Crippen LogP contribution is -2.47. The molecule has 0 heterocycles. The number of nitrogens with one attached hydrogen (secondary N) is 1. The van der Waals surface area contributed by atoms with Gasteiger partial charge in [0.05, 0.1) is 33.8 Å². The van der Waals surface area contributed by atoms with E-state index in [1.165, 1.54) is 148 Å². The van der Waals surface area contributed by atoms with Gasteiger partial charge in [0.2, 0.25) is 5.91 Å². The second-order valence-electron chi connectivity index (χ2n) is 22.6. The minimum Gasteiger partial charge on any atom is -0.756 e. The quantitative estimate of drug-likeness (QED) is 0.0212. The molecule has 0 aromatic carbocycles. The molecule has 0 saturated carbocycles. The van der Waals surface area contributed by atoms with E-state index < -0.39 is 26.6 Å². The highest BCUT2D eigenvalue weighted by molar-refractivity contribution is 7.45. The zero-order valence-corrected chi connectivity index (χ0v) is 51.3. The van der Waals surface area contributed by atoms with Crippen molar-refractivity contribution in [3.8, 4) is 0 Å². The van der Waals surface area contributed by atoms with E-state index >= 15 is 0 Å². The Morgan fingerprint density at radius 3 is 1.25 bits per heavy atom. The van der Waals surface area contributed by atoms with Gasteiger partial charge in [0.15, 0.2) is 0 Å². The lowest BCUT2D eigenvalue weighted by molar-refractivity contribution is -0.870. The first-order valence-corrected chi connectivity index (χ1v) is 33.2. The van der Waals surface area contributed by atoms with Crippen molar-refractivity contribution in [1.29, 1.82) is 0 Å². The van der Waals surface area contributed by atoms with E-state index in [0.29, 0.717) is 30.3 Å². The van der Waals surface area contributed by atoms with Crippen molar-refractivity contribution >= 4 is 19.7 Å². The maximum atomic E-state index is 13.5. The second-order valence-corrected chi connectivity index (χ2v) is 24.0. The summed E-state index contributed by atoms with van der Waals surface area (Å²) in [7, 11) is 1.17. The van der Waals surface area contributed by atoms with Crippen LogP contribution in [0, 0.1) is 0 Å². The van der Waals surface area contributed by atoms with Crippen molar-refractivity contribution in [1.82, 2.24) is 5.32 Å². The molecular formula is C66H121N2O7P. The average Bonchev–Trinajstić information content (AvgIpc) is 3.38. The Bertz CT molecular complexity index is 1530. The summed E-state index contributed by atoms with van der Waals surface area (Å²) >= 11 is 0. The molecule has 3 unspecified atom stereocenters. The maximum absolute atomic E-state index is 13.5. The first kappa shape index (κ1) is 73.5. The smallest absolute Gasteiger partial charge is 0.306 e. The molecule has 442 valence electrons. The summed E-state index contributed by atoms with van der Waals surface area (Å²) in [5.41, 5.74) is 0. The number of ether oxygens (including phenoxy) is 1. The van der Waals surface area contributed by atoms with Gasteiger partial charge in [-0.25, -0.2) is 0 Å². The number of quaternary nitrogens is 1. The molecule has 0 rings (SSSR count). The molecule has 1 N–H and O–H groups in total. The van der Waals surface area contributed by atoms with Crippen LogP contribution >= 0.6 is 7.82 Å². The molecule has 0 aliphatic rings. The molecule has 0 fully saturated rings. The number of unbranched alkanes of at least 4 members (excludes halogenated alkanes) is 31. The molecule has 0 aliphatic heterocycles. The van der Waals surface area contributed by atoms with Crippen LogP contribution in [0.4, 0.5) is 0 Å². The predicted molar refractivity (Wildman–Crippen MR) is 325 cm³/mol. The summed E-state index contributed by atoms with van der Waals surface area (Å²) in [6.45, 7) is 6.80. The Morgan fingerprint density at radius 1 is 0.461 bits per heavy atom. The number of carbonyl (C=O) groups is 2. The number of phosphoric acid groups is 1. The number of esters is 1. The largest absolute Gasteiger partial charge is 0.756 e. The molecule has 0 radical (unpaired) electrons. The molecule has 0 aliphatic carbocycles. The Hall–Kier alpha value is -2.55. The number of allylic oxidation sites excluding steroid dienone is 11. The minimum absolute atomic E-state index is 0.0288. The molecule has 0 spiro atoms. The Kier molecular flexibility index (Phi) is 53.9. The molecule has 1 amide bonds. The number of likely N-dealkylation sites (N-methyl/N-ethyl adjacent to an activating group) is 1. The number of hydrogen-bond donors (Lipinski definition) is 1. The minimum atomic E-state index is -4.71. The van der Waals surface area contributed by atoms with Crippen molar-refractivity contribution < 1.29 is 37.3 Å². The van der Waals surface area contributed by atoms with Crippen molar-refractivity contribution in [3.05, 3.63) is 72.9 Å². The van der Waals surface area contributed by atoms with Gasteiger partial charge >= 0.3 is 5.97 Å². The Labute approximate surface area is 470 Å². The van der Waals surface area contributed by atoms with Crippen LogP contribution in [0.1, 0.15) is 284 Å². The van der Waals surface area contributed by atoms with E-state index in [2.05, 4.69) is 86.8 Å². The molecule has 0 aromatic rings. The molecule has 0 bridgehead atoms. The summed E-state index contributed by atoms with van der Waals surface area (Å²) in [6, 6.07) is -0.903. The maximum Gasteiger partial charge on any atom is 0.306 e. The van der Waals surface area contributed by atoms with Crippen LogP contribution in [0.2, 0.25) is 0 Å². The molecule has 10 heteroatoms. The molecule has 0 saturated heterocycles. The van der Waals surface area contributed by atoms with Crippen LogP contribution in [0.25, 0.3) is 0 Å². The highest BCUT2D eigenvalue weighted by Gasteiger charge is 2.27. The van der Waals surface area contributed by atoms with Crippen molar-refractivity contribution in [2.24, 2.45) is 0 Å². The summed E-state index contributed by atoms with van der Waals surface area (Å²) in [6.07, 6.45) is 71.5. The van der Waals surface area contributed by atoms with Gasteiger partial charge in [0.1, 0.15) is 19.3 Å². The van der Waals surface area contributed by atoms with E-state index in [0.717, 1.165) is 89.9 Å². The predicted octanol–water partition coefficient (Wildman–Crippen LogP) is 19.0. The third kappa shape index (κ3) is 56.2. The van der Waals surface area contributed by atoms with Crippen LogP contribution in [0.15, 0.2) is 72.9 Å². The van der Waals surface area contributed by atoms with Crippen molar-refractivity contribution in [2.45, 2.75) is 296 Å². The average molecular weight is 1090 g/mol. The molecular weight excluding hydrogens is 964 g/mol. The second kappa shape index (κ2) is 55.8. The fraction of sp³-hybridized carbons (Fsp3) is 0.788. The third-order valence-corrected chi connectivity index (χ3v) is 14.8. The fourth-order valence-corrected chi connectivity index (χ4v) is 9.63. The van der Waals surface area contributed by atoms with Gasteiger partial charge in [-0.15, -0.1) is 0 Å². The number of carbonyl (C=O) groups excluding carboxylic acids is 2. The number of nitrogens with zero attached hydrogens (tertiary/aromatic N) is 1. The number of hydrogen-bond acceptors (Lipinski definition) is 7.